The third kappa shape index (κ3) is 3.63. The van der Waals surface area contributed by atoms with Crippen LogP contribution in [0.1, 0.15) is 51.9 Å². The van der Waals surface area contributed by atoms with Gasteiger partial charge in [0.15, 0.2) is 5.69 Å². The number of carbonyl (C=O) groups excluding carboxylic acids is 1. The molecule has 1 N–H and O–H groups in total. The number of rotatable bonds is 6. The molecule has 1 aliphatic heterocycles. The molecule has 1 fully saturated rings. The van der Waals surface area contributed by atoms with E-state index in [1.54, 1.807) is 11.3 Å². The third-order valence-corrected chi connectivity index (χ3v) is 7.03. The minimum absolute atomic E-state index is 0.0430. The van der Waals surface area contributed by atoms with Crippen LogP contribution in [-0.2, 0) is 12.8 Å². The molecule has 3 heterocycles. The van der Waals surface area contributed by atoms with Crippen molar-refractivity contribution in [3.63, 3.8) is 0 Å². The van der Waals surface area contributed by atoms with Crippen LogP contribution in [0.4, 0.5) is 0 Å². The van der Waals surface area contributed by atoms with Crippen LogP contribution in [0.5, 0.6) is 0 Å². The number of likely N-dealkylation sites (tertiary alicyclic amines) is 1. The monoisotopic (exact) mass is 406 g/mol. The molecule has 5 nitrogen and oxygen atoms in total. The van der Waals surface area contributed by atoms with E-state index in [1.165, 1.54) is 23.4 Å². The number of aromatic nitrogens is 2. The van der Waals surface area contributed by atoms with Gasteiger partial charge in [0, 0.05) is 22.7 Å². The summed E-state index contributed by atoms with van der Waals surface area (Å²) in [6.07, 6.45) is 5.49. The molecule has 150 valence electrons. The Hall–Kier alpha value is -2.44. The lowest BCUT2D eigenvalue weighted by Gasteiger charge is -2.26. The van der Waals surface area contributed by atoms with Crippen molar-refractivity contribution in [3.8, 4) is 5.69 Å². The lowest BCUT2D eigenvalue weighted by Crippen LogP contribution is -2.36. The quantitative estimate of drug-likeness (QED) is 0.673. The first-order valence-corrected chi connectivity index (χ1v) is 11.4. The average molecular weight is 407 g/mol. The van der Waals surface area contributed by atoms with E-state index in [4.69, 9.17) is 5.10 Å². The summed E-state index contributed by atoms with van der Waals surface area (Å²) in [4.78, 5) is 17.0. The molecule has 1 unspecified atom stereocenters. The van der Waals surface area contributed by atoms with Crippen molar-refractivity contribution >= 4 is 17.2 Å². The number of thiophene rings is 1. The Balaban J connectivity index is 1.37. The van der Waals surface area contributed by atoms with E-state index < -0.39 is 0 Å². The van der Waals surface area contributed by atoms with Crippen LogP contribution in [0.2, 0.25) is 0 Å². The molecule has 0 radical (unpaired) electrons. The lowest BCUT2D eigenvalue weighted by atomic mass is 10.1. The summed E-state index contributed by atoms with van der Waals surface area (Å²) >= 11 is 1.77. The van der Waals surface area contributed by atoms with Gasteiger partial charge in [-0.15, -0.1) is 11.3 Å². The summed E-state index contributed by atoms with van der Waals surface area (Å²) < 4.78 is 1.97. The van der Waals surface area contributed by atoms with Crippen LogP contribution < -0.4 is 5.32 Å². The van der Waals surface area contributed by atoms with E-state index in [2.05, 4.69) is 27.7 Å². The summed E-state index contributed by atoms with van der Waals surface area (Å²) in [5.74, 6) is -0.0430. The summed E-state index contributed by atoms with van der Waals surface area (Å²) in [5, 5.41) is 10.1. The number of benzene rings is 1. The molecule has 3 aromatic rings. The van der Waals surface area contributed by atoms with Gasteiger partial charge in [0.2, 0.25) is 0 Å². The number of hydrogen-bond donors (Lipinski definition) is 1. The highest BCUT2D eigenvalue weighted by Crippen LogP contribution is 2.29. The Bertz CT molecular complexity index is 974. The second-order valence-electron chi connectivity index (χ2n) is 7.86. The van der Waals surface area contributed by atoms with E-state index in [0.717, 1.165) is 43.6 Å². The predicted molar refractivity (Wildman–Crippen MR) is 116 cm³/mol. The van der Waals surface area contributed by atoms with Crippen molar-refractivity contribution in [2.75, 3.05) is 19.6 Å². The van der Waals surface area contributed by atoms with Gasteiger partial charge in [-0.3, -0.25) is 9.69 Å². The molecule has 0 spiro atoms. The minimum Gasteiger partial charge on any atom is -0.349 e. The Morgan fingerprint density at radius 1 is 1.07 bits per heavy atom. The zero-order chi connectivity index (χ0) is 19.6. The van der Waals surface area contributed by atoms with E-state index in [0.29, 0.717) is 12.2 Å². The van der Waals surface area contributed by atoms with Gasteiger partial charge >= 0.3 is 0 Å². The summed E-state index contributed by atoms with van der Waals surface area (Å²) in [7, 11) is 0. The minimum atomic E-state index is -0.0430. The Labute approximate surface area is 175 Å². The molecule has 5 rings (SSSR count). The number of nitrogens with one attached hydrogen (secondary N) is 1. The van der Waals surface area contributed by atoms with Crippen molar-refractivity contribution in [3.05, 3.63) is 69.7 Å². The first-order valence-electron chi connectivity index (χ1n) is 10.5. The highest BCUT2D eigenvalue weighted by molar-refractivity contribution is 7.10. The fraction of sp³-hybridized carbons (Fsp3) is 0.391. The van der Waals surface area contributed by atoms with E-state index >= 15 is 0 Å². The third-order valence-electron chi connectivity index (χ3n) is 6.06. The molecule has 1 atom stereocenters. The normalized spacial score (nSPS) is 17.4. The molecule has 1 aliphatic carbocycles. The molecule has 0 bridgehead atoms. The van der Waals surface area contributed by atoms with Gasteiger partial charge in [0.1, 0.15) is 0 Å². The van der Waals surface area contributed by atoms with E-state index in [9.17, 15) is 4.79 Å². The van der Waals surface area contributed by atoms with Crippen LogP contribution in [0, 0.1) is 0 Å². The van der Waals surface area contributed by atoms with Crippen LogP contribution in [0.3, 0.4) is 0 Å². The van der Waals surface area contributed by atoms with Gasteiger partial charge in [-0.05, 0) is 68.8 Å². The number of fused-ring (bicyclic) bond motifs is 1. The molecule has 29 heavy (non-hydrogen) atoms. The SMILES string of the molecule is O=C(NCC(c1cccs1)N1CCCC1)c1nn(-c2ccccc2)c2c1CCC2. The Morgan fingerprint density at radius 2 is 1.90 bits per heavy atom. The maximum atomic E-state index is 13.1. The average Bonchev–Trinajstić information content (AvgIpc) is 3.54. The smallest absolute Gasteiger partial charge is 0.272 e. The van der Waals surface area contributed by atoms with Gasteiger partial charge in [0.05, 0.1) is 11.7 Å². The highest BCUT2D eigenvalue weighted by atomic mass is 32.1. The van der Waals surface area contributed by atoms with Crippen LogP contribution in [0.15, 0.2) is 47.8 Å². The second-order valence-corrected chi connectivity index (χ2v) is 8.84. The van der Waals surface area contributed by atoms with Crippen LogP contribution >= 0.6 is 11.3 Å². The van der Waals surface area contributed by atoms with Gasteiger partial charge < -0.3 is 5.32 Å². The summed E-state index contributed by atoms with van der Waals surface area (Å²) in [5.41, 5.74) is 3.95. The Morgan fingerprint density at radius 3 is 2.66 bits per heavy atom. The fourth-order valence-electron chi connectivity index (χ4n) is 4.62. The van der Waals surface area contributed by atoms with Crippen molar-refractivity contribution in [1.82, 2.24) is 20.0 Å². The van der Waals surface area contributed by atoms with Gasteiger partial charge in [-0.25, -0.2) is 4.68 Å². The Kier molecular flexibility index (Phi) is 5.21. The molecular weight excluding hydrogens is 380 g/mol. The van der Waals surface area contributed by atoms with Gasteiger partial charge in [0.25, 0.3) is 5.91 Å². The van der Waals surface area contributed by atoms with Gasteiger partial charge in [-0.2, -0.15) is 5.10 Å². The maximum Gasteiger partial charge on any atom is 0.272 e. The van der Waals surface area contributed by atoms with E-state index in [-0.39, 0.29) is 11.9 Å². The molecule has 1 amide bonds. The zero-order valence-electron chi connectivity index (χ0n) is 16.5. The predicted octanol–water partition coefficient (Wildman–Crippen LogP) is 3.99. The van der Waals surface area contributed by atoms with Crippen LogP contribution in [0.25, 0.3) is 5.69 Å². The van der Waals surface area contributed by atoms with Crippen molar-refractivity contribution in [2.24, 2.45) is 0 Å². The lowest BCUT2D eigenvalue weighted by molar-refractivity contribution is 0.0932. The van der Waals surface area contributed by atoms with Crippen molar-refractivity contribution in [1.29, 1.82) is 0 Å². The van der Waals surface area contributed by atoms with Gasteiger partial charge in [-0.1, -0.05) is 24.3 Å². The van der Waals surface area contributed by atoms with Crippen molar-refractivity contribution < 1.29 is 4.79 Å². The standard InChI is InChI=1S/C23H26N4OS/c28-23(24-16-20(21-12-7-15-29-21)26-13-4-5-14-26)22-18-10-6-11-19(18)27(25-22)17-8-2-1-3-9-17/h1-3,7-9,12,15,20H,4-6,10-11,13-14,16H2,(H,24,28). The topological polar surface area (TPSA) is 50.2 Å². The molecule has 6 heteroatoms. The molecule has 2 aromatic heterocycles. The molecule has 2 aliphatic rings. The number of hydrogen-bond acceptors (Lipinski definition) is 4. The zero-order valence-corrected chi connectivity index (χ0v) is 17.3. The molecule has 1 saturated heterocycles. The first kappa shape index (κ1) is 18.6. The van der Waals surface area contributed by atoms with Crippen molar-refractivity contribution in [2.45, 2.75) is 38.1 Å². The fourth-order valence-corrected chi connectivity index (χ4v) is 5.48. The molecular formula is C23H26N4OS. The number of amides is 1. The summed E-state index contributed by atoms with van der Waals surface area (Å²) in [6.45, 7) is 2.85. The second kappa shape index (κ2) is 8.13. The highest BCUT2D eigenvalue weighted by Gasteiger charge is 2.29. The van der Waals surface area contributed by atoms with E-state index in [1.807, 2.05) is 35.0 Å². The largest absolute Gasteiger partial charge is 0.349 e. The summed E-state index contributed by atoms with van der Waals surface area (Å²) in [6, 6.07) is 14.7. The molecule has 0 saturated carbocycles. The number of carbonyl (C=O) groups is 1. The van der Waals surface area contributed by atoms with Crippen LogP contribution in [-0.4, -0.2) is 40.2 Å². The number of nitrogens with zero attached hydrogens (tertiary/aromatic N) is 3. The number of para-hydroxylation sites is 1. The first-order chi connectivity index (χ1) is 14.3. The molecule has 1 aromatic carbocycles. The maximum absolute atomic E-state index is 13.1.